The van der Waals surface area contributed by atoms with E-state index in [0.717, 1.165) is 25.7 Å². The first kappa shape index (κ1) is 15.2. The van der Waals surface area contributed by atoms with Crippen molar-refractivity contribution in [3.8, 4) is 0 Å². The molecule has 1 aliphatic heterocycles. The normalized spacial score (nSPS) is 22.9. The maximum Gasteiger partial charge on any atom is 0.270 e. The monoisotopic (exact) mass is 278 g/mol. The smallest absolute Gasteiger partial charge is 0.270 e. The van der Waals surface area contributed by atoms with E-state index in [2.05, 4.69) is 0 Å². The van der Waals surface area contributed by atoms with Crippen molar-refractivity contribution in [3.05, 3.63) is 0 Å². The predicted octanol–water partition coefficient (Wildman–Crippen LogP) is 2.96. The average molecular weight is 278 g/mol. The maximum atomic E-state index is 12.6. The van der Waals surface area contributed by atoms with Crippen LogP contribution in [0.3, 0.4) is 0 Å². The van der Waals surface area contributed by atoms with Crippen LogP contribution >= 0.6 is 0 Å². The van der Waals surface area contributed by atoms with E-state index >= 15 is 0 Å². The highest BCUT2D eigenvalue weighted by Gasteiger charge is 2.47. The molecule has 4 heteroatoms. The van der Waals surface area contributed by atoms with Crippen LogP contribution < -0.4 is 0 Å². The van der Waals surface area contributed by atoms with Crippen molar-refractivity contribution >= 4 is 17.4 Å². The molecule has 1 aliphatic carbocycles. The third-order valence-corrected chi connectivity index (χ3v) is 4.38. The molecule has 0 bridgehead atoms. The summed E-state index contributed by atoms with van der Waals surface area (Å²) in [5.74, 6) is 0.150. The Labute approximate surface area is 121 Å². The highest BCUT2D eigenvalue weighted by atomic mass is 16.2. The third-order valence-electron chi connectivity index (χ3n) is 4.38. The molecule has 1 fully saturated rings. The topological polar surface area (TPSA) is 49.7 Å². The van der Waals surface area contributed by atoms with Gasteiger partial charge in [0.25, 0.3) is 5.91 Å². The van der Waals surface area contributed by atoms with Gasteiger partial charge in [0.15, 0.2) is 0 Å². The van der Waals surface area contributed by atoms with Crippen molar-refractivity contribution in [1.82, 2.24) is 4.90 Å². The molecule has 4 nitrogen and oxygen atoms in total. The summed E-state index contributed by atoms with van der Waals surface area (Å²) in [7, 11) is 0. The van der Waals surface area contributed by atoms with E-state index in [9.17, 15) is 9.59 Å². The molecule has 0 radical (unpaired) electrons. The molecule has 1 spiro atoms. The lowest BCUT2D eigenvalue weighted by Gasteiger charge is -2.37. The first-order valence-electron chi connectivity index (χ1n) is 7.87. The van der Waals surface area contributed by atoms with E-state index < -0.39 is 5.66 Å². The van der Waals surface area contributed by atoms with Crippen LogP contribution in [-0.2, 0) is 9.59 Å². The number of carbonyl (C=O) groups is 2. The maximum absolute atomic E-state index is 12.6. The van der Waals surface area contributed by atoms with E-state index in [1.54, 1.807) is 11.8 Å². The highest BCUT2D eigenvalue weighted by molar-refractivity contribution is 6.41. The van der Waals surface area contributed by atoms with Gasteiger partial charge in [0, 0.05) is 5.92 Å². The minimum atomic E-state index is -0.428. The van der Waals surface area contributed by atoms with Crippen molar-refractivity contribution in [2.24, 2.45) is 10.9 Å². The summed E-state index contributed by atoms with van der Waals surface area (Å²) in [6.45, 7) is 5.77. The van der Waals surface area contributed by atoms with Gasteiger partial charge in [0.1, 0.15) is 17.2 Å². The van der Waals surface area contributed by atoms with Gasteiger partial charge in [-0.25, -0.2) is 0 Å². The van der Waals surface area contributed by atoms with Crippen LogP contribution in [0.2, 0.25) is 0 Å². The lowest BCUT2D eigenvalue weighted by Crippen LogP contribution is -2.49. The molecular formula is C16H26N2O2. The number of Topliss-reactive ketones (excluding diaryl/α,β-unsaturated/α-hetero) is 1. The fraction of sp³-hybridized carbons (Fsp3) is 0.812. The number of carbonyl (C=O) groups excluding carboxylic acids is 2. The largest absolute Gasteiger partial charge is 0.305 e. The summed E-state index contributed by atoms with van der Waals surface area (Å²) in [5.41, 5.74) is 0.231. The van der Waals surface area contributed by atoms with Gasteiger partial charge in [0.05, 0.1) is 6.54 Å². The fourth-order valence-corrected chi connectivity index (χ4v) is 3.33. The summed E-state index contributed by atoms with van der Waals surface area (Å²) >= 11 is 0. The van der Waals surface area contributed by atoms with Crippen LogP contribution in [0.4, 0.5) is 0 Å². The zero-order chi connectivity index (χ0) is 14.8. The molecule has 1 heterocycles. The number of nitrogens with zero attached hydrogens (tertiary/aromatic N) is 2. The zero-order valence-electron chi connectivity index (χ0n) is 12.9. The van der Waals surface area contributed by atoms with Gasteiger partial charge < -0.3 is 4.90 Å². The van der Waals surface area contributed by atoms with Crippen LogP contribution in [0.5, 0.6) is 0 Å². The first-order valence-corrected chi connectivity index (χ1v) is 7.87. The molecule has 20 heavy (non-hydrogen) atoms. The zero-order valence-corrected chi connectivity index (χ0v) is 12.9. The van der Waals surface area contributed by atoms with Crippen molar-refractivity contribution in [2.75, 3.05) is 6.54 Å². The Morgan fingerprint density at radius 2 is 1.75 bits per heavy atom. The molecule has 112 valence electrons. The quantitative estimate of drug-likeness (QED) is 0.797. The van der Waals surface area contributed by atoms with Crippen LogP contribution in [0.1, 0.15) is 65.7 Å². The summed E-state index contributed by atoms with van der Waals surface area (Å²) < 4.78 is 0. The Balaban J connectivity index is 2.32. The minimum Gasteiger partial charge on any atom is -0.305 e. The SMILES string of the molecule is CC(=O)CN1C(=O)C(C(C)C)=NC12CCCCCCC2. The summed E-state index contributed by atoms with van der Waals surface area (Å²) in [6, 6.07) is 0. The van der Waals surface area contributed by atoms with Gasteiger partial charge in [-0.3, -0.25) is 14.6 Å². The van der Waals surface area contributed by atoms with Gasteiger partial charge in [-0.05, 0) is 32.6 Å². The predicted molar refractivity (Wildman–Crippen MR) is 79.7 cm³/mol. The third kappa shape index (κ3) is 2.94. The van der Waals surface area contributed by atoms with Gasteiger partial charge in [-0.1, -0.05) is 33.1 Å². The molecule has 1 amide bonds. The first-order chi connectivity index (χ1) is 9.46. The number of aliphatic imine (C=N–C) groups is 1. The van der Waals surface area contributed by atoms with E-state index in [0.29, 0.717) is 5.71 Å². The Kier molecular flexibility index (Phi) is 4.61. The number of hydrogen-bond donors (Lipinski definition) is 0. The second-order valence-electron chi connectivity index (χ2n) is 6.50. The Morgan fingerprint density at radius 1 is 1.20 bits per heavy atom. The second kappa shape index (κ2) is 6.06. The van der Waals surface area contributed by atoms with Crippen LogP contribution in [-0.4, -0.2) is 34.5 Å². The number of hydrogen-bond acceptors (Lipinski definition) is 3. The lowest BCUT2D eigenvalue weighted by molar-refractivity contribution is -0.134. The van der Waals surface area contributed by atoms with Crippen molar-refractivity contribution < 1.29 is 9.59 Å². The Hall–Kier alpha value is -1.19. The van der Waals surface area contributed by atoms with Gasteiger partial charge in [-0.15, -0.1) is 0 Å². The molecule has 0 aromatic rings. The highest BCUT2D eigenvalue weighted by Crippen LogP contribution is 2.38. The number of ketones is 1. The van der Waals surface area contributed by atoms with Gasteiger partial charge in [0.2, 0.25) is 0 Å². The second-order valence-corrected chi connectivity index (χ2v) is 6.50. The van der Waals surface area contributed by atoms with Crippen LogP contribution in [0.25, 0.3) is 0 Å². The molecule has 2 rings (SSSR count). The summed E-state index contributed by atoms with van der Waals surface area (Å²) in [6.07, 6.45) is 7.68. The summed E-state index contributed by atoms with van der Waals surface area (Å²) in [4.78, 5) is 30.8. The van der Waals surface area contributed by atoms with Crippen LogP contribution in [0.15, 0.2) is 4.99 Å². The average Bonchev–Trinajstić information content (AvgIpc) is 2.60. The van der Waals surface area contributed by atoms with Crippen molar-refractivity contribution in [3.63, 3.8) is 0 Å². The van der Waals surface area contributed by atoms with E-state index in [-0.39, 0.29) is 24.2 Å². The molecule has 0 N–H and O–H groups in total. The molecule has 0 saturated heterocycles. The van der Waals surface area contributed by atoms with Crippen LogP contribution in [0, 0.1) is 5.92 Å². The Bertz CT molecular complexity index is 418. The lowest BCUT2D eigenvalue weighted by atomic mass is 9.90. The molecular weight excluding hydrogens is 252 g/mol. The van der Waals surface area contributed by atoms with E-state index in [1.165, 1.54) is 19.3 Å². The van der Waals surface area contributed by atoms with Crippen molar-refractivity contribution in [1.29, 1.82) is 0 Å². The van der Waals surface area contributed by atoms with E-state index in [1.807, 2.05) is 13.8 Å². The molecule has 0 aromatic heterocycles. The van der Waals surface area contributed by atoms with Crippen molar-refractivity contribution in [2.45, 2.75) is 71.4 Å². The standard InChI is InChI=1S/C16H26N2O2/c1-12(2)14-15(20)18(11-13(3)19)16(17-14)9-7-5-4-6-8-10-16/h12H,4-11H2,1-3H3. The number of amides is 1. The van der Waals surface area contributed by atoms with E-state index in [4.69, 9.17) is 4.99 Å². The molecule has 1 saturated carbocycles. The fourth-order valence-electron chi connectivity index (χ4n) is 3.33. The summed E-state index contributed by atoms with van der Waals surface area (Å²) in [5, 5.41) is 0. The molecule has 0 unspecified atom stereocenters. The number of rotatable bonds is 3. The Morgan fingerprint density at radius 3 is 2.25 bits per heavy atom. The molecule has 0 atom stereocenters. The van der Waals surface area contributed by atoms with Gasteiger partial charge >= 0.3 is 0 Å². The van der Waals surface area contributed by atoms with Gasteiger partial charge in [-0.2, -0.15) is 0 Å². The minimum absolute atomic E-state index is 0.0178. The molecule has 0 aromatic carbocycles. The molecule has 2 aliphatic rings.